The third-order valence-electron chi connectivity index (χ3n) is 4.60. The molecule has 0 unspecified atom stereocenters. The zero-order valence-corrected chi connectivity index (χ0v) is 18.1. The molecule has 1 N–H and O–H groups in total. The summed E-state index contributed by atoms with van der Waals surface area (Å²) in [4.78, 5) is 12.8. The number of ether oxygens (including phenoxy) is 2. The Morgan fingerprint density at radius 2 is 1.48 bits per heavy atom. The number of carbonyl (C=O) groups excluding carboxylic acids is 1. The number of anilines is 1. The Hall–Kier alpha value is -3.52. The molecule has 31 heavy (non-hydrogen) atoms. The molecule has 7 nitrogen and oxygen atoms in total. The van der Waals surface area contributed by atoms with E-state index in [-0.39, 0.29) is 18.0 Å². The van der Waals surface area contributed by atoms with Gasteiger partial charge in [0.15, 0.2) is 11.5 Å². The number of hydrogen-bond acceptors (Lipinski definition) is 5. The number of benzene rings is 3. The summed E-state index contributed by atoms with van der Waals surface area (Å²) in [5.41, 5.74) is 1.20. The Morgan fingerprint density at radius 3 is 2.10 bits per heavy atom. The fourth-order valence-electron chi connectivity index (χ4n) is 3.01. The van der Waals surface area contributed by atoms with E-state index in [4.69, 9.17) is 9.47 Å². The van der Waals surface area contributed by atoms with Crippen LogP contribution in [0.2, 0.25) is 0 Å². The fraction of sp³-hybridized carbons (Fsp3) is 0.174. The van der Waals surface area contributed by atoms with Crippen molar-refractivity contribution >= 4 is 21.6 Å². The molecule has 0 atom stereocenters. The van der Waals surface area contributed by atoms with Crippen LogP contribution in [0.5, 0.6) is 11.5 Å². The van der Waals surface area contributed by atoms with Gasteiger partial charge in [-0.3, -0.25) is 9.10 Å². The highest BCUT2D eigenvalue weighted by Gasteiger charge is 2.26. The second kappa shape index (κ2) is 9.99. The molecule has 1 amide bonds. The van der Waals surface area contributed by atoms with Crippen LogP contribution in [0.1, 0.15) is 5.56 Å². The van der Waals surface area contributed by atoms with Gasteiger partial charge in [-0.2, -0.15) is 0 Å². The Labute approximate surface area is 182 Å². The Balaban J connectivity index is 1.78. The topological polar surface area (TPSA) is 84.9 Å². The maximum Gasteiger partial charge on any atom is 0.264 e. The van der Waals surface area contributed by atoms with Gasteiger partial charge in [-0.1, -0.05) is 42.5 Å². The summed E-state index contributed by atoms with van der Waals surface area (Å²) < 4.78 is 38.0. The SMILES string of the molecule is COc1ccc(CNC(=O)CN(c2ccccc2)S(=O)(=O)c2ccccc2)cc1OC. The lowest BCUT2D eigenvalue weighted by Gasteiger charge is -2.24. The third-order valence-corrected chi connectivity index (χ3v) is 6.39. The summed E-state index contributed by atoms with van der Waals surface area (Å²) in [6, 6.07) is 21.9. The number of nitrogens with zero attached hydrogens (tertiary/aromatic N) is 1. The van der Waals surface area contributed by atoms with Gasteiger partial charge in [0.2, 0.25) is 5.91 Å². The van der Waals surface area contributed by atoms with Crippen LogP contribution in [0.4, 0.5) is 5.69 Å². The van der Waals surface area contributed by atoms with Crippen LogP contribution in [0, 0.1) is 0 Å². The summed E-state index contributed by atoms with van der Waals surface area (Å²) in [5, 5.41) is 2.77. The first kappa shape index (κ1) is 22.2. The molecule has 0 heterocycles. The van der Waals surface area contributed by atoms with Crippen molar-refractivity contribution in [2.75, 3.05) is 25.1 Å². The number of methoxy groups -OCH3 is 2. The second-order valence-electron chi connectivity index (χ2n) is 6.63. The van der Waals surface area contributed by atoms with Crippen molar-refractivity contribution in [3.05, 3.63) is 84.4 Å². The van der Waals surface area contributed by atoms with Crippen molar-refractivity contribution in [1.29, 1.82) is 0 Å². The molecule has 0 bridgehead atoms. The molecule has 8 heteroatoms. The van der Waals surface area contributed by atoms with Crippen LogP contribution in [-0.2, 0) is 21.4 Å². The predicted molar refractivity (Wildman–Crippen MR) is 119 cm³/mol. The van der Waals surface area contributed by atoms with E-state index < -0.39 is 15.9 Å². The number of nitrogens with one attached hydrogen (secondary N) is 1. The maximum absolute atomic E-state index is 13.2. The summed E-state index contributed by atoms with van der Waals surface area (Å²) >= 11 is 0. The van der Waals surface area contributed by atoms with Crippen molar-refractivity contribution < 1.29 is 22.7 Å². The molecule has 0 saturated heterocycles. The van der Waals surface area contributed by atoms with Crippen molar-refractivity contribution in [3.8, 4) is 11.5 Å². The monoisotopic (exact) mass is 440 g/mol. The zero-order chi connectivity index (χ0) is 22.3. The molecule has 0 fully saturated rings. The first-order valence-corrected chi connectivity index (χ1v) is 11.0. The van der Waals surface area contributed by atoms with Crippen LogP contribution in [0.25, 0.3) is 0 Å². The molecule has 3 aromatic carbocycles. The normalized spacial score (nSPS) is 10.9. The van der Waals surface area contributed by atoms with Crippen LogP contribution >= 0.6 is 0 Å². The predicted octanol–water partition coefficient (Wildman–Crippen LogP) is 3.22. The van der Waals surface area contributed by atoms with Crippen molar-refractivity contribution in [2.45, 2.75) is 11.4 Å². The maximum atomic E-state index is 13.2. The number of sulfonamides is 1. The molecule has 0 aliphatic rings. The van der Waals surface area contributed by atoms with E-state index in [9.17, 15) is 13.2 Å². The van der Waals surface area contributed by atoms with E-state index in [0.29, 0.717) is 17.2 Å². The van der Waals surface area contributed by atoms with Gasteiger partial charge in [0, 0.05) is 6.54 Å². The van der Waals surface area contributed by atoms with Crippen molar-refractivity contribution in [2.24, 2.45) is 0 Å². The summed E-state index contributed by atoms with van der Waals surface area (Å²) in [6.07, 6.45) is 0. The standard InChI is InChI=1S/C23H24N2O5S/c1-29-21-14-13-18(15-22(21)30-2)16-24-23(26)17-25(19-9-5-3-6-10-19)31(27,28)20-11-7-4-8-12-20/h3-15H,16-17H2,1-2H3,(H,24,26). The molecule has 3 rings (SSSR count). The van der Waals surface area contributed by atoms with Crippen LogP contribution in [0.15, 0.2) is 83.8 Å². The average molecular weight is 441 g/mol. The third kappa shape index (κ3) is 5.35. The van der Waals surface area contributed by atoms with Gasteiger partial charge in [0.1, 0.15) is 6.54 Å². The number of para-hydroxylation sites is 1. The molecule has 0 aromatic heterocycles. The van der Waals surface area contributed by atoms with Crippen LogP contribution < -0.4 is 19.1 Å². The highest BCUT2D eigenvalue weighted by atomic mass is 32.2. The molecule has 0 saturated carbocycles. The molecular weight excluding hydrogens is 416 g/mol. The molecule has 0 aliphatic heterocycles. The minimum absolute atomic E-state index is 0.117. The number of rotatable bonds is 9. The van der Waals surface area contributed by atoms with E-state index in [1.54, 1.807) is 73.8 Å². The van der Waals surface area contributed by atoms with E-state index in [1.165, 1.54) is 19.2 Å². The lowest BCUT2D eigenvalue weighted by atomic mass is 10.2. The zero-order valence-electron chi connectivity index (χ0n) is 17.3. The highest BCUT2D eigenvalue weighted by molar-refractivity contribution is 7.92. The van der Waals surface area contributed by atoms with Gasteiger partial charge in [-0.05, 0) is 42.0 Å². The molecule has 0 radical (unpaired) electrons. The smallest absolute Gasteiger partial charge is 0.264 e. The molecule has 3 aromatic rings. The number of carbonyl (C=O) groups is 1. The Morgan fingerprint density at radius 1 is 0.871 bits per heavy atom. The fourth-order valence-corrected chi connectivity index (χ4v) is 4.45. The Bertz CT molecular complexity index is 1120. The molecule has 0 aliphatic carbocycles. The molecule has 0 spiro atoms. The van der Waals surface area contributed by atoms with Crippen LogP contribution in [0.3, 0.4) is 0 Å². The van der Waals surface area contributed by atoms with Crippen molar-refractivity contribution in [1.82, 2.24) is 5.32 Å². The first-order chi connectivity index (χ1) is 15.0. The number of hydrogen-bond donors (Lipinski definition) is 1. The van der Waals surface area contributed by atoms with Gasteiger partial charge in [-0.25, -0.2) is 8.42 Å². The van der Waals surface area contributed by atoms with Gasteiger partial charge < -0.3 is 14.8 Å². The molecular formula is C23H24N2O5S. The van der Waals surface area contributed by atoms with Gasteiger partial charge in [0.25, 0.3) is 10.0 Å². The number of amides is 1. The summed E-state index contributed by atoms with van der Waals surface area (Å²) in [6.45, 7) is -0.137. The molecule has 162 valence electrons. The summed E-state index contributed by atoms with van der Waals surface area (Å²) in [5.74, 6) is 0.701. The second-order valence-corrected chi connectivity index (χ2v) is 8.49. The first-order valence-electron chi connectivity index (χ1n) is 9.56. The average Bonchev–Trinajstić information content (AvgIpc) is 2.82. The van der Waals surface area contributed by atoms with Crippen molar-refractivity contribution in [3.63, 3.8) is 0 Å². The van der Waals surface area contributed by atoms with E-state index >= 15 is 0 Å². The van der Waals surface area contributed by atoms with E-state index in [2.05, 4.69) is 5.32 Å². The minimum atomic E-state index is -3.92. The largest absolute Gasteiger partial charge is 0.493 e. The highest BCUT2D eigenvalue weighted by Crippen LogP contribution is 2.27. The van der Waals surface area contributed by atoms with E-state index in [1.807, 2.05) is 0 Å². The van der Waals surface area contributed by atoms with Gasteiger partial charge >= 0.3 is 0 Å². The quantitative estimate of drug-likeness (QED) is 0.552. The van der Waals surface area contributed by atoms with Crippen LogP contribution in [-0.4, -0.2) is 35.1 Å². The van der Waals surface area contributed by atoms with E-state index in [0.717, 1.165) is 9.87 Å². The Kier molecular flexibility index (Phi) is 7.15. The summed E-state index contributed by atoms with van der Waals surface area (Å²) in [7, 11) is -0.835. The van der Waals surface area contributed by atoms with Gasteiger partial charge in [-0.15, -0.1) is 0 Å². The minimum Gasteiger partial charge on any atom is -0.493 e. The lowest BCUT2D eigenvalue weighted by Crippen LogP contribution is -2.40. The van der Waals surface area contributed by atoms with Gasteiger partial charge in [0.05, 0.1) is 24.8 Å². The lowest BCUT2D eigenvalue weighted by molar-refractivity contribution is -0.119.